The van der Waals surface area contributed by atoms with Crippen LogP contribution in [0.1, 0.15) is 40.8 Å². The molecule has 1 aromatic heterocycles. The Balaban J connectivity index is 1.89. The van der Waals surface area contributed by atoms with E-state index in [1.807, 2.05) is 26.0 Å². The predicted molar refractivity (Wildman–Crippen MR) is 94.1 cm³/mol. The number of carbonyl (C=O) groups is 2. The molecule has 1 fully saturated rings. The van der Waals surface area contributed by atoms with Gasteiger partial charge in [0.2, 0.25) is 0 Å². The molecule has 0 aliphatic carbocycles. The summed E-state index contributed by atoms with van der Waals surface area (Å²) in [6, 6.07) is 6.51. The van der Waals surface area contributed by atoms with E-state index in [1.165, 1.54) is 17.1 Å². The van der Waals surface area contributed by atoms with Crippen LogP contribution in [-0.2, 0) is 16.1 Å². The van der Waals surface area contributed by atoms with Crippen LogP contribution in [0.4, 0.5) is 4.39 Å². The van der Waals surface area contributed by atoms with E-state index in [0.29, 0.717) is 11.3 Å². The van der Waals surface area contributed by atoms with Gasteiger partial charge in [-0.25, -0.2) is 9.40 Å². The Hall–Kier alpha value is -3.20. The van der Waals surface area contributed by atoms with Gasteiger partial charge in [0.1, 0.15) is 11.7 Å². The van der Waals surface area contributed by atoms with Crippen LogP contribution < -0.4 is 5.43 Å². The van der Waals surface area contributed by atoms with E-state index >= 15 is 0 Å². The van der Waals surface area contributed by atoms with Gasteiger partial charge in [-0.2, -0.15) is 0 Å². The molecule has 3 rings (SSSR count). The highest BCUT2D eigenvalue weighted by Crippen LogP contribution is 2.30. The Kier molecular flexibility index (Phi) is 4.72. The van der Waals surface area contributed by atoms with Crippen molar-refractivity contribution in [1.29, 1.82) is 0 Å². The average molecular weight is 351 g/mol. The molecule has 6 heteroatoms. The fourth-order valence-corrected chi connectivity index (χ4v) is 3.20. The lowest BCUT2D eigenvalue weighted by Gasteiger charge is -2.16. The third-order valence-corrected chi connectivity index (χ3v) is 4.28. The Bertz CT molecular complexity index is 919. The molecule has 2 aromatic rings. The summed E-state index contributed by atoms with van der Waals surface area (Å²) in [7, 11) is 0. The quantitative estimate of drug-likeness (QED) is 0.682. The molecule has 1 atom stereocenters. The van der Waals surface area contributed by atoms with E-state index in [-0.39, 0.29) is 18.4 Å². The molecule has 0 bridgehead atoms. The fraction of sp³-hybridized carbons (Fsp3) is 0.250. The van der Waals surface area contributed by atoms with Crippen molar-refractivity contribution in [1.82, 2.24) is 15.4 Å². The molecule has 1 aromatic carbocycles. The molecule has 0 radical (unpaired) electrons. The van der Waals surface area contributed by atoms with Crippen molar-refractivity contribution in [2.45, 2.75) is 33.2 Å². The SMILES string of the molecule is CC#Cc1cc(C)c(C2C(=O)NN(Cc3ccc(F)cn3)C2=O)c(C)c1. The van der Waals surface area contributed by atoms with Crippen molar-refractivity contribution in [3.05, 3.63) is 64.2 Å². The highest BCUT2D eigenvalue weighted by Gasteiger charge is 2.41. The van der Waals surface area contributed by atoms with Crippen LogP contribution in [-0.4, -0.2) is 21.8 Å². The summed E-state index contributed by atoms with van der Waals surface area (Å²) in [5, 5.41) is 1.23. The Morgan fingerprint density at radius 1 is 1.23 bits per heavy atom. The van der Waals surface area contributed by atoms with Crippen LogP contribution >= 0.6 is 0 Å². The maximum atomic E-state index is 13.0. The van der Waals surface area contributed by atoms with Crippen molar-refractivity contribution in [2.24, 2.45) is 0 Å². The summed E-state index contributed by atoms with van der Waals surface area (Å²) in [5.74, 6) is 3.76. The van der Waals surface area contributed by atoms with Gasteiger partial charge in [0.15, 0.2) is 0 Å². The second-order valence-corrected chi connectivity index (χ2v) is 6.20. The lowest BCUT2D eigenvalue weighted by molar-refractivity contribution is -0.131. The lowest BCUT2D eigenvalue weighted by Crippen LogP contribution is -2.35. The minimum Gasteiger partial charge on any atom is -0.272 e. The molecular weight excluding hydrogens is 333 g/mol. The molecule has 1 saturated heterocycles. The van der Waals surface area contributed by atoms with Crippen molar-refractivity contribution in [3.8, 4) is 11.8 Å². The van der Waals surface area contributed by atoms with Gasteiger partial charge in [-0.3, -0.25) is 20.0 Å². The van der Waals surface area contributed by atoms with Gasteiger partial charge >= 0.3 is 0 Å². The van der Waals surface area contributed by atoms with Crippen molar-refractivity contribution in [3.63, 3.8) is 0 Å². The number of aromatic nitrogens is 1. The summed E-state index contributed by atoms with van der Waals surface area (Å²) in [4.78, 5) is 29.2. The van der Waals surface area contributed by atoms with Crippen LogP contribution in [0.3, 0.4) is 0 Å². The van der Waals surface area contributed by atoms with Crippen LogP contribution in [0, 0.1) is 31.5 Å². The first-order valence-electron chi connectivity index (χ1n) is 8.17. The highest BCUT2D eigenvalue weighted by molar-refractivity contribution is 6.10. The van der Waals surface area contributed by atoms with Gasteiger partial charge in [-0.15, -0.1) is 5.92 Å². The maximum Gasteiger partial charge on any atom is 0.258 e. The molecule has 26 heavy (non-hydrogen) atoms. The third-order valence-electron chi connectivity index (χ3n) is 4.28. The maximum absolute atomic E-state index is 13.0. The summed E-state index contributed by atoms with van der Waals surface area (Å²) < 4.78 is 13.0. The number of aryl methyl sites for hydroxylation is 2. The Morgan fingerprint density at radius 2 is 1.92 bits per heavy atom. The predicted octanol–water partition coefficient (Wildman–Crippen LogP) is 2.37. The second-order valence-electron chi connectivity index (χ2n) is 6.20. The summed E-state index contributed by atoms with van der Waals surface area (Å²) >= 11 is 0. The molecule has 1 aliphatic heterocycles. The Morgan fingerprint density at radius 3 is 2.50 bits per heavy atom. The fourth-order valence-electron chi connectivity index (χ4n) is 3.20. The number of amides is 2. The van der Waals surface area contributed by atoms with Crippen LogP contribution in [0.2, 0.25) is 0 Å². The number of hydrazine groups is 1. The van der Waals surface area contributed by atoms with Gasteiger partial charge in [0.05, 0.1) is 18.4 Å². The summed E-state index contributed by atoms with van der Waals surface area (Å²) in [6.45, 7) is 5.58. The molecule has 1 aliphatic rings. The van der Waals surface area contributed by atoms with Gasteiger partial charge in [-0.1, -0.05) is 5.92 Å². The molecule has 5 nitrogen and oxygen atoms in total. The molecule has 2 amide bonds. The van der Waals surface area contributed by atoms with Crippen LogP contribution in [0.15, 0.2) is 30.5 Å². The molecule has 132 valence electrons. The zero-order chi connectivity index (χ0) is 18.8. The number of nitrogens with one attached hydrogen (secondary N) is 1. The highest BCUT2D eigenvalue weighted by atomic mass is 19.1. The summed E-state index contributed by atoms with van der Waals surface area (Å²) in [6.07, 6.45) is 1.08. The van der Waals surface area contributed by atoms with E-state index in [1.54, 1.807) is 6.92 Å². The van der Waals surface area contributed by atoms with Crippen molar-refractivity contribution >= 4 is 11.8 Å². The van der Waals surface area contributed by atoms with E-state index < -0.39 is 11.7 Å². The number of pyridine rings is 1. The molecule has 1 N–H and O–H groups in total. The van der Waals surface area contributed by atoms with E-state index in [2.05, 4.69) is 22.3 Å². The minimum absolute atomic E-state index is 0.0822. The van der Waals surface area contributed by atoms with E-state index in [4.69, 9.17) is 0 Å². The standard InChI is InChI=1S/C20H18FN3O2/c1-4-5-14-8-12(2)17(13(3)9-14)18-19(25)23-24(20(18)26)11-16-7-6-15(21)10-22-16/h6-10,18H,11H2,1-3H3,(H,23,25). The zero-order valence-corrected chi connectivity index (χ0v) is 14.8. The van der Waals surface area contributed by atoms with E-state index in [0.717, 1.165) is 22.9 Å². The topological polar surface area (TPSA) is 62.3 Å². The number of nitrogens with zero attached hydrogens (tertiary/aromatic N) is 2. The minimum atomic E-state index is -0.904. The van der Waals surface area contributed by atoms with Crippen molar-refractivity contribution in [2.75, 3.05) is 0 Å². The van der Waals surface area contributed by atoms with Gasteiger partial charge in [0.25, 0.3) is 11.8 Å². The smallest absolute Gasteiger partial charge is 0.258 e. The van der Waals surface area contributed by atoms with Crippen LogP contribution in [0.25, 0.3) is 0 Å². The lowest BCUT2D eigenvalue weighted by atomic mass is 9.88. The summed E-state index contributed by atoms with van der Waals surface area (Å²) in [5.41, 5.74) is 6.32. The van der Waals surface area contributed by atoms with E-state index in [9.17, 15) is 14.0 Å². The Labute approximate surface area is 151 Å². The number of benzene rings is 1. The molecule has 0 saturated carbocycles. The van der Waals surface area contributed by atoms with Gasteiger partial charge in [0, 0.05) is 5.56 Å². The number of hydrogen-bond donors (Lipinski definition) is 1. The number of hydrogen-bond acceptors (Lipinski definition) is 3. The van der Waals surface area contributed by atoms with Crippen molar-refractivity contribution < 1.29 is 14.0 Å². The third kappa shape index (κ3) is 3.29. The molecule has 2 heterocycles. The van der Waals surface area contributed by atoms with Gasteiger partial charge in [-0.05, 0) is 61.7 Å². The first kappa shape index (κ1) is 17.6. The number of carbonyl (C=O) groups excluding carboxylic acids is 2. The molecule has 1 unspecified atom stereocenters. The number of rotatable bonds is 3. The number of halogens is 1. The first-order valence-corrected chi connectivity index (χ1v) is 8.17. The first-order chi connectivity index (χ1) is 12.4. The molecule has 0 spiro atoms. The van der Waals surface area contributed by atoms with Gasteiger partial charge < -0.3 is 0 Å². The second kappa shape index (κ2) is 6.96. The normalized spacial score (nSPS) is 16.3. The molecular formula is C20H18FN3O2. The largest absolute Gasteiger partial charge is 0.272 e. The zero-order valence-electron chi connectivity index (χ0n) is 14.8. The monoisotopic (exact) mass is 351 g/mol. The average Bonchev–Trinajstić information content (AvgIpc) is 2.84. The van der Waals surface area contributed by atoms with Crippen LogP contribution in [0.5, 0.6) is 0 Å².